The van der Waals surface area contributed by atoms with Gasteiger partial charge in [-0.3, -0.25) is 4.79 Å². The molecule has 0 saturated heterocycles. The fraction of sp³-hybridized carbons (Fsp3) is 0.611. The number of rotatable bonds is 3. The van der Waals surface area contributed by atoms with E-state index in [1.807, 2.05) is 6.07 Å². The van der Waals surface area contributed by atoms with Crippen molar-refractivity contribution < 1.29 is 14.6 Å². The summed E-state index contributed by atoms with van der Waals surface area (Å²) >= 11 is 0. The van der Waals surface area contributed by atoms with Gasteiger partial charge in [-0.15, -0.1) is 0 Å². The van der Waals surface area contributed by atoms with Crippen LogP contribution < -0.4 is 10.1 Å². The lowest BCUT2D eigenvalue weighted by atomic mass is 9.86. The molecular weight excluding hydrogens is 278 g/mol. The zero-order valence-corrected chi connectivity index (χ0v) is 13.4. The Morgan fingerprint density at radius 2 is 1.91 bits per heavy atom. The molecule has 120 valence electrons. The average molecular weight is 303 g/mol. The minimum Gasteiger partial charge on any atom is -0.480 e. The fourth-order valence-electron chi connectivity index (χ4n) is 3.44. The van der Waals surface area contributed by atoms with E-state index >= 15 is 0 Å². The van der Waals surface area contributed by atoms with Gasteiger partial charge in [-0.05, 0) is 68.2 Å². The molecule has 1 aliphatic heterocycles. The number of aliphatic hydroxyl groups is 1. The first-order valence-corrected chi connectivity index (χ1v) is 8.25. The highest BCUT2D eigenvalue weighted by molar-refractivity contribution is 5.82. The molecule has 1 aromatic rings. The van der Waals surface area contributed by atoms with Gasteiger partial charge < -0.3 is 15.2 Å². The van der Waals surface area contributed by atoms with Crippen molar-refractivity contribution in [2.24, 2.45) is 5.92 Å². The third kappa shape index (κ3) is 3.12. The SMILES string of the molecule is Cc1cc2c(cc1C)O[C@@H](C(=O)NC1CCC(CO)CC1)C2. The molecule has 0 radical (unpaired) electrons. The van der Waals surface area contributed by atoms with Gasteiger partial charge in [0.1, 0.15) is 5.75 Å². The lowest BCUT2D eigenvalue weighted by Crippen LogP contribution is -2.44. The summed E-state index contributed by atoms with van der Waals surface area (Å²) in [5.74, 6) is 1.26. The Balaban J connectivity index is 1.56. The number of carbonyl (C=O) groups excluding carboxylic acids is 1. The first kappa shape index (κ1) is 15.3. The number of nitrogens with one attached hydrogen (secondary N) is 1. The average Bonchev–Trinajstić information content (AvgIpc) is 2.91. The molecule has 1 aliphatic carbocycles. The molecule has 0 spiro atoms. The van der Waals surface area contributed by atoms with Crippen LogP contribution in [0.2, 0.25) is 0 Å². The van der Waals surface area contributed by atoms with Gasteiger partial charge in [-0.2, -0.15) is 0 Å². The van der Waals surface area contributed by atoms with Crippen LogP contribution in [0.15, 0.2) is 12.1 Å². The molecule has 1 amide bonds. The van der Waals surface area contributed by atoms with Gasteiger partial charge in [0.15, 0.2) is 6.10 Å². The van der Waals surface area contributed by atoms with Gasteiger partial charge in [0.25, 0.3) is 5.91 Å². The second-order valence-electron chi connectivity index (χ2n) is 6.76. The van der Waals surface area contributed by atoms with Crippen LogP contribution in [-0.2, 0) is 11.2 Å². The van der Waals surface area contributed by atoms with Gasteiger partial charge >= 0.3 is 0 Å². The van der Waals surface area contributed by atoms with Crippen molar-refractivity contribution in [2.45, 2.75) is 58.1 Å². The van der Waals surface area contributed by atoms with Crippen molar-refractivity contribution in [1.82, 2.24) is 5.32 Å². The molecule has 0 unspecified atom stereocenters. The maximum Gasteiger partial charge on any atom is 0.261 e. The first-order valence-electron chi connectivity index (χ1n) is 8.25. The van der Waals surface area contributed by atoms with Crippen LogP contribution in [0.3, 0.4) is 0 Å². The molecule has 1 atom stereocenters. The van der Waals surface area contributed by atoms with E-state index in [2.05, 4.69) is 25.2 Å². The smallest absolute Gasteiger partial charge is 0.261 e. The van der Waals surface area contributed by atoms with Crippen molar-refractivity contribution >= 4 is 5.91 Å². The molecule has 1 fully saturated rings. The topological polar surface area (TPSA) is 58.6 Å². The molecule has 4 nitrogen and oxygen atoms in total. The highest BCUT2D eigenvalue weighted by Crippen LogP contribution is 2.32. The minimum absolute atomic E-state index is 0.000968. The monoisotopic (exact) mass is 303 g/mol. The lowest BCUT2D eigenvalue weighted by Gasteiger charge is -2.28. The Bertz CT molecular complexity index is 531. The Kier molecular flexibility index (Phi) is 4.39. The van der Waals surface area contributed by atoms with Gasteiger partial charge in [0, 0.05) is 19.1 Å². The lowest BCUT2D eigenvalue weighted by molar-refractivity contribution is -0.128. The maximum atomic E-state index is 12.4. The summed E-state index contributed by atoms with van der Waals surface area (Å²) < 4.78 is 5.84. The Morgan fingerprint density at radius 1 is 1.23 bits per heavy atom. The van der Waals surface area contributed by atoms with Crippen LogP contribution in [0.4, 0.5) is 0 Å². The number of aliphatic hydroxyl groups excluding tert-OH is 1. The van der Waals surface area contributed by atoms with Gasteiger partial charge in [-0.25, -0.2) is 0 Å². The number of fused-ring (bicyclic) bond motifs is 1. The predicted octanol–water partition coefficient (Wildman–Crippen LogP) is 2.27. The highest BCUT2D eigenvalue weighted by atomic mass is 16.5. The van der Waals surface area contributed by atoms with Crippen LogP contribution in [0.25, 0.3) is 0 Å². The normalized spacial score (nSPS) is 27.1. The minimum atomic E-state index is -0.397. The number of ether oxygens (including phenoxy) is 1. The van der Waals surface area contributed by atoms with Gasteiger partial charge in [0.05, 0.1) is 0 Å². The van der Waals surface area contributed by atoms with Gasteiger partial charge in [-0.1, -0.05) is 6.07 Å². The van der Waals surface area contributed by atoms with Crippen molar-refractivity contribution in [1.29, 1.82) is 0 Å². The summed E-state index contributed by atoms with van der Waals surface area (Å²) in [5.41, 5.74) is 3.57. The van der Waals surface area contributed by atoms with E-state index in [1.54, 1.807) is 0 Å². The predicted molar refractivity (Wildman–Crippen MR) is 85.0 cm³/mol. The number of benzene rings is 1. The van der Waals surface area contributed by atoms with Crippen molar-refractivity contribution in [3.8, 4) is 5.75 Å². The van der Waals surface area contributed by atoms with E-state index in [4.69, 9.17) is 9.84 Å². The molecule has 2 aliphatic rings. The van der Waals surface area contributed by atoms with Crippen molar-refractivity contribution in [3.05, 3.63) is 28.8 Å². The summed E-state index contributed by atoms with van der Waals surface area (Å²) in [5, 5.41) is 12.3. The van der Waals surface area contributed by atoms with Gasteiger partial charge in [0.2, 0.25) is 0 Å². The maximum absolute atomic E-state index is 12.4. The summed E-state index contributed by atoms with van der Waals surface area (Å²) in [4.78, 5) is 12.4. The largest absolute Gasteiger partial charge is 0.480 e. The van der Waals surface area contributed by atoms with E-state index in [-0.39, 0.29) is 18.6 Å². The summed E-state index contributed by atoms with van der Waals surface area (Å²) in [6.07, 6.45) is 4.15. The second kappa shape index (κ2) is 6.29. The molecule has 4 heteroatoms. The second-order valence-corrected chi connectivity index (χ2v) is 6.76. The van der Waals surface area contributed by atoms with E-state index in [0.29, 0.717) is 12.3 Å². The quantitative estimate of drug-likeness (QED) is 0.900. The Morgan fingerprint density at radius 3 is 2.59 bits per heavy atom. The Hall–Kier alpha value is -1.55. The molecule has 1 aromatic carbocycles. The Labute approximate surface area is 131 Å². The standard InChI is InChI=1S/C18H25NO3/c1-11-7-14-9-17(22-16(14)8-12(11)2)18(21)19-15-5-3-13(10-20)4-6-15/h7-8,13,15,17,20H,3-6,9-10H2,1-2H3,(H,19,21)/t13?,15?,17-/m1/s1. The molecule has 1 saturated carbocycles. The fourth-order valence-corrected chi connectivity index (χ4v) is 3.44. The van der Waals surface area contributed by atoms with Crippen LogP contribution in [-0.4, -0.2) is 29.8 Å². The zero-order chi connectivity index (χ0) is 15.7. The molecular formula is C18H25NO3. The van der Waals surface area contributed by atoms with E-state index in [1.165, 1.54) is 11.1 Å². The van der Waals surface area contributed by atoms with Crippen LogP contribution in [0.5, 0.6) is 5.75 Å². The van der Waals surface area contributed by atoms with Crippen LogP contribution >= 0.6 is 0 Å². The van der Waals surface area contributed by atoms with E-state index in [0.717, 1.165) is 37.0 Å². The molecule has 3 rings (SSSR count). The van der Waals surface area contributed by atoms with Crippen molar-refractivity contribution in [3.63, 3.8) is 0 Å². The third-order valence-corrected chi connectivity index (χ3v) is 5.10. The zero-order valence-electron chi connectivity index (χ0n) is 13.4. The summed E-state index contributed by atoms with van der Waals surface area (Å²) in [7, 11) is 0. The van der Waals surface area contributed by atoms with Crippen LogP contribution in [0.1, 0.15) is 42.4 Å². The van der Waals surface area contributed by atoms with E-state index < -0.39 is 6.10 Å². The summed E-state index contributed by atoms with van der Waals surface area (Å²) in [6, 6.07) is 4.39. The number of carbonyl (C=O) groups is 1. The molecule has 22 heavy (non-hydrogen) atoms. The molecule has 2 N–H and O–H groups in total. The number of hydrogen-bond acceptors (Lipinski definition) is 3. The first-order chi connectivity index (χ1) is 10.6. The number of hydrogen-bond donors (Lipinski definition) is 2. The molecule has 0 bridgehead atoms. The van der Waals surface area contributed by atoms with Crippen LogP contribution in [0, 0.1) is 19.8 Å². The molecule has 1 heterocycles. The summed E-state index contributed by atoms with van der Waals surface area (Å²) in [6.45, 7) is 4.41. The molecule has 0 aromatic heterocycles. The number of amides is 1. The number of aryl methyl sites for hydroxylation is 2. The van der Waals surface area contributed by atoms with Crippen molar-refractivity contribution in [2.75, 3.05) is 6.61 Å². The van der Waals surface area contributed by atoms with E-state index in [9.17, 15) is 4.79 Å². The third-order valence-electron chi connectivity index (χ3n) is 5.10. The highest BCUT2D eigenvalue weighted by Gasteiger charge is 2.31.